The van der Waals surface area contributed by atoms with Crippen LogP contribution in [0.3, 0.4) is 0 Å². The van der Waals surface area contributed by atoms with Crippen molar-refractivity contribution in [2.45, 2.75) is 0 Å². The van der Waals surface area contributed by atoms with Crippen LogP contribution in [0.2, 0.25) is 0 Å². The molecular formula is C18H16BrNO3. The van der Waals surface area contributed by atoms with E-state index < -0.39 is 0 Å². The zero-order chi connectivity index (χ0) is 16.8. The van der Waals surface area contributed by atoms with Crippen molar-refractivity contribution >= 4 is 33.5 Å². The number of ether oxygens (including phenoxy) is 1. The first-order valence-corrected chi connectivity index (χ1v) is 7.73. The zero-order valence-corrected chi connectivity index (χ0v) is 14.4. The smallest absolute Gasteiger partial charge is 0.212 e. The molecule has 0 saturated carbocycles. The molecule has 23 heavy (non-hydrogen) atoms. The SMILES string of the molecule is CNc1ccc(Br)cc(C(=O)/C=C\c2ccccc2OC)c1=O. The predicted molar refractivity (Wildman–Crippen MR) is 96.3 cm³/mol. The van der Waals surface area contributed by atoms with E-state index in [4.69, 9.17) is 4.74 Å². The lowest BCUT2D eigenvalue weighted by molar-refractivity contribution is 0.104. The highest BCUT2D eigenvalue weighted by molar-refractivity contribution is 9.10. The van der Waals surface area contributed by atoms with E-state index in [9.17, 15) is 9.59 Å². The van der Waals surface area contributed by atoms with Crippen molar-refractivity contribution in [2.75, 3.05) is 19.5 Å². The minimum Gasteiger partial charge on any atom is -0.496 e. The van der Waals surface area contributed by atoms with Gasteiger partial charge in [-0.2, -0.15) is 0 Å². The fourth-order valence-corrected chi connectivity index (χ4v) is 2.44. The van der Waals surface area contributed by atoms with Crippen molar-refractivity contribution in [3.8, 4) is 5.75 Å². The molecule has 0 aliphatic rings. The summed E-state index contributed by atoms with van der Waals surface area (Å²) in [5, 5.41) is 2.80. The van der Waals surface area contributed by atoms with Gasteiger partial charge in [-0.25, -0.2) is 0 Å². The molecule has 2 aromatic carbocycles. The highest BCUT2D eigenvalue weighted by atomic mass is 79.9. The standard InChI is InChI=1S/C18H16BrNO3/c1-20-15-9-8-13(19)11-14(18(15)22)16(21)10-7-12-5-3-4-6-17(12)23-2/h3-11H,1-2H3,(H,20,22)/b10-7-. The maximum atomic E-state index is 12.4. The molecule has 0 heterocycles. The van der Waals surface area contributed by atoms with E-state index >= 15 is 0 Å². The number of rotatable bonds is 5. The van der Waals surface area contributed by atoms with Crippen molar-refractivity contribution in [1.82, 2.24) is 0 Å². The van der Waals surface area contributed by atoms with Crippen molar-refractivity contribution in [2.24, 2.45) is 0 Å². The third kappa shape index (κ3) is 4.07. The van der Waals surface area contributed by atoms with E-state index in [0.717, 1.165) is 5.56 Å². The van der Waals surface area contributed by atoms with Crippen molar-refractivity contribution in [3.05, 3.63) is 74.4 Å². The normalized spacial score (nSPS) is 10.6. The molecule has 2 rings (SSSR count). The van der Waals surface area contributed by atoms with Crippen molar-refractivity contribution in [1.29, 1.82) is 0 Å². The lowest BCUT2D eigenvalue weighted by Gasteiger charge is -2.03. The molecule has 0 radical (unpaired) electrons. The van der Waals surface area contributed by atoms with Crippen LogP contribution < -0.4 is 15.5 Å². The zero-order valence-electron chi connectivity index (χ0n) is 12.8. The molecule has 0 saturated heterocycles. The van der Waals surface area contributed by atoms with Crippen molar-refractivity contribution in [3.63, 3.8) is 0 Å². The number of ketones is 1. The number of methoxy groups -OCH3 is 1. The number of allylic oxidation sites excluding steroid dienone is 1. The van der Waals surface area contributed by atoms with Gasteiger partial charge in [0.25, 0.3) is 0 Å². The van der Waals surface area contributed by atoms with Crippen LogP contribution in [-0.4, -0.2) is 19.9 Å². The van der Waals surface area contributed by atoms with Crippen LogP contribution in [0.15, 0.2) is 57.8 Å². The molecule has 0 aromatic heterocycles. The van der Waals surface area contributed by atoms with Gasteiger partial charge in [-0.05, 0) is 36.4 Å². The molecule has 0 aliphatic carbocycles. The number of halogens is 1. The van der Waals surface area contributed by atoms with Gasteiger partial charge in [0.05, 0.1) is 18.4 Å². The van der Waals surface area contributed by atoms with E-state index in [0.29, 0.717) is 15.9 Å². The van der Waals surface area contributed by atoms with Crippen LogP contribution in [0.25, 0.3) is 6.08 Å². The Morgan fingerprint density at radius 2 is 1.96 bits per heavy atom. The minimum atomic E-state index is -0.366. The van der Waals surface area contributed by atoms with Crippen LogP contribution in [0, 0.1) is 0 Å². The Hall–Kier alpha value is -2.40. The summed E-state index contributed by atoms with van der Waals surface area (Å²) < 4.78 is 5.89. The molecule has 1 N–H and O–H groups in total. The molecule has 0 fully saturated rings. The fourth-order valence-electron chi connectivity index (χ4n) is 2.07. The van der Waals surface area contributed by atoms with E-state index in [2.05, 4.69) is 21.2 Å². The second-order valence-electron chi connectivity index (χ2n) is 4.71. The molecule has 0 amide bonds. The molecule has 0 unspecified atom stereocenters. The van der Waals surface area contributed by atoms with E-state index in [-0.39, 0.29) is 16.8 Å². The van der Waals surface area contributed by atoms with Gasteiger partial charge in [-0.3, -0.25) is 9.59 Å². The topological polar surface area (TPSA) is 55.4 Å². The monoisotopic (exact) mass is 373 g/mol. The molecule has 0 bridgehead atoms. The van der Waals surface area contributed by atoms with Crippen LogP contribution >= 0.6 is 15.9 Å². The highest BCUT2D eigenvalue weighted by Gasteiger charge is 2.10. The summed E-state index contributed by atoms with van der Waals surface area (Å²) in [6.07, 6.45) is 3.01. The summed E-state index contributed by atoms with van der Waals surface area (Å²) in [6, 6.07) is 12.2. The number of carbonyl (C=O) groups is 1. The van der Waals surface area contributed by atoms with Gasteiger partial charge in [-0.15, -0.1) is 0 Å². The van der Waals surface area contributed by atoms with Crippen LogP contribution in [0.4, 0.5) is 5.69 Å². The fraction of sp³-hybridized carbons (Fsp3) is 0.111. The van der Waals surface area contributed by atoms with Gasteiger partial charge >= 0.3 is 0 Å². The molecule has 2 aromatic rings. The van der Waals surface area contributed by atoms with Gasteiger partial charge in [0.15, 0.2) is 5.78 Å². The summed E-state index contributed by atoms with van der Waals surface area (Å²) in [6.45, 7) is 0. The van der Waals surface area contributed by atoms with E-state index in [1.165, 1.54) is 12.1 Å². The van der Waals surface area contributed by atoms with Gasteiger partial charge in [0.1, 0.15) is 5.75 Å². The number of carbonyl (C=O) groups excluding carboxylic acids is 1. The molecule has 118 valence electrons. The Labute approximate surface area is 142 Å². The number of nitrogens with one attached hydrogen (secondary N) is 1. The van der Waals surface area contributed by atoms with Gasteiger partial charge < -0.3 is 10.1 Å². The summed E-state index contributed by atoms with van der Waals surface area (Å²) in [5.41, 5.74) is 0.888. The Kier molecular flexibility index (Phi) is 5.71. The van der Waals surface area contributed by atoms with Crippen LogP contribution in [0.1, 0.15) is 15.9 Å². The third-order valence-corrected chi connectivity index (χ3v) is 3.76. The van der Waals surface area contributed by atoms with Gasteiger partial charge in [0.2, 0.25) is 5.43 Å². The molecule has 4 nitrogen and oxygen atoms in total. The Bertz CT molecular complexity index is 815. The first kappa shape index (κ1) is 17.0. The van der Waals surface area contributed by atoms with Crippen LogP contribution in [-0.2, 0) is 0 Å². The number of benzene rings is 1. The summed E-state index contributed by atoms with van der Waals surface area (Å²) >= 11 is 3.31. The number of hydrogen-bond acceptors (Lipinski definition) is 4. The quantitative estimate of drug-likeness (QED) is 0.640. The number of anilines is 1. The molecular weight excluding hydrogens is 358 g/mol. The van der Waals surface area contributed by atoms with Gasteiger partial charge in [-0.1, -0.05) is 34.1 Å². The number of para-hydroxylation sites is 1. The third-order valence-electron chi connectivity index (χ3n) is 3.27. The molecule has 0 aliphatic heterocycles. The lowest BCUT2D eigenvalue weighted by Crippen LogP contribution is -2.14. The molecule has 0 spiro atoms. The lowest BCUT2D eigenvalue weighted by atomic mass is 10.1. The van der Waals surface area contributed by atoms with Crippen molar-refractivity contribution < 1.29 is 9.53 Å². The maximum Gasteiger partial charge on any atom is 0.212 e. The van der Waals surface area contributed by atoms with E-state index in [1.807, 2.05) is 18.2 Å². The number of hydrogen-bond donors (Lipinski definition) is 1. The minimum absolute atomic E-state index is 0.0948. The second kappa shape index (κ2) is 7.74. The first-order chi connectivity index (χ1) is 11.1. The summed E-state index contributed by atoms with van der Waals surface area (Å²) in [7, 11) is 3.21. The predicted octanol–water partition coefficient (Wildman–Crippen LogP) is 3.76. The molecule has 0 atom stereocenters. The largest absolute Gasteiger partial charge is 0.496 e. The highest BCUT2D eigenvalue weighted by Crippen LogP contribution is 2.19. The molecule has 5 heteroatoms. The average molecular weight is 374 g/mol. The van der Waals surface area contributed by atoms with Crippen LogP contribution in [0.5, 0.6) is 5.75 Å². The first-order valence-electron chi connectivity index (χ1n) is 6.94. The second-order valence-corrected chi connectivity index (χ2v) is 5.62. The maximum absolute atomic E-state index is 12.4. The summed E-state index contributed by atoms with van der Waals surface area (Å²) in [4.78, 5) is 24.8. The Balaban J connectivity index is 2.42. The Morgan fingerprint density at radius 1 is 1.22 bits per heavy atom. The Morgan fingerprint density at radius 3 is 2.65 bits per heavy atom. The van der Waals surface area contributed by atoms with E-state index in [1.54, 1.807) is 38.4 Å². The summed E-state index contributed by atoms with van der Waals surface area (Å²) in [5.74, 6) is 0.295. The van der Waals surface area contributed by atoms with Gasteiger partial charge in [0, 0.05) is 17.1 Å². The average Bonchev–Trinajstić information content (AvgIpc) is 2.71.